The fourth-order valence-electron chi connectivity index (χ4n) is 0.418. The van der Waals surface area contributed by atoms with Crippen LogP contribution in [0.4, 0.5) is 0 Å². The van der Waals surface area contributed by atoms with Crippen molar-refractivity contribution in [1.29, 1.82) is 0 Å². The second kappa shape index (κ2) is 2.60. The van der Waals surface area contributed by atoms with Crippen molar-refractivity contribution in [3.05, 3.63) is 11.5 Å². The van der Waals surface area contributed by atoms with Crippen LogP contribution in [0.2, 0.25) is 0 Å². The van der Waals surface area contributed by atoms with Gasteiger partial charge in [0, 0.05) is 5.70 Å². The largest absolute Gasteiger partial charge is 0.511 e. The summed E-state index contributed by atoms with van der Waals surface area (Å²) in [5.74, 6) is 0.486. The van der Waals surface area contributed by atoms with E-state index in [2.05, 4.69) is 0 Å². The van der Waals surface area contributed by atoms with Gasteiger partial charge in [-0.15, -0.1) is 0 Å². The van der Waals surface area contributed by atoms with E-state index in [0.717, 1.165) is 0 Å². The molecule has 0 aliphatic carbocycles. The normalized spacial score (nSPS) is 14.0. The van der Waals surface area contributed by atoms with Crippen molar-refractivity contribution in [3.8, 4) is 0 Å². The number of hydrogen-bond acceptors (Lipinski definition) is 2. The van der Waals surface area contributed by atoms with E-state index >= 15 is 0 Å². The molecular weight excluding hydrogens is 102 g/mol. The van der Waals surface area contributed by atoms with Crippen LogP contribution < -0.4 is 5.73 Å². The zero-order valence-corrected chi connectivity index (χ0v) is 5.60. The topological polar surface area (TPSA) is 46.2 Å². The first-order chi connectivity index (χ1) is 3.55. The number of nitrogens with two attached hydrogens (primary N) is 1. The van der Waals surface area contributed by atoms with E-state index in [9.17, 15) is 0 Å². The van der Waals surface area contributed by atoms with E-state index < -0.39 is 0 Å². The van der Waals surface area contributed by atoms with Gasteiger partial charge in [-0.05, 0) is 12.8 Å². The lowest BCUT2D eigenvalue weighted by Crippen LogP contribution is -2.07. The molecule has 0 aliphatic rings. The van der Waals surface area contributed by atoms with Crippen LogP contribution in [-0.4, -0.2) is 5.11 Å². The van der Waals surface area contributed by atoms with Gasteiger partial charge in [0.25, 0.3) is 0 Å². The minimum Gasteiger partial charge on any atom is -0.511 e. The molecular formula is C6H13NO. The first-order valence-corrected chi connectivity index (χ1v) is 2.71. The summed E-state index contributed by atoms with van der Waals surface area (Å²) in [5.41, 5.74) is 5.96. The van der Waals surface area contributed by atoms with Gasteiger partial charge in [0.15, 0.2) is 0 Å². The summed E-state index contributed by atoms with van der Waals surface area (Å²) in [6.07, 6.45) is 0. The molecule has 0 aromatic carbocycles. The number of rotatable bonds is 1. The van der Waals surface area contributed by atoms with Crippen molar-refractivity contribution in [2.45, 2.75) is 20.8 Å². The fraction of sp³-hybridized carbons (Fsp3) is 0.667. The van der Waals surface area contributed by atoms with Gasteiger partial charge in [-0.2, -0.15) is 0 Å². The molecule has 0 heterocycles. The van der Waals surface area contributed by atoms with Crippen molar-refractivity contribution in [2.75, 3.05) is 0 Å². The third kappa shape index (κ3) is 1.87. The Morgan fingerprint density at radius 2 is 1.88 bits per heavy atom. The molecule has 0 rings (SSSR count). The zero-order valence-electron chi connectivity index (χ0n) is 5.60. The molecule has 0 amide bonds. The quantitative estimate of drug-likeness (QED) is 0.507. The van der Waals surface area contributed by atoms with Gasteiger partial charge in [0.2, 0.25) is 0 Å². The predicted molar refractivity (Wildman–Crippen MR) is 34.4 cm³/mol. The molecule has 0 unspecified atom stereocenters. The average molecular weight is 115 g/mol. The third-order valence-electron chi connectivity index (χ3n) is 1.04. The van der Waals surface area contributed by atoms with Gasteiger partial charge in [-0.25, -0.2) is 0 Å². The van der Waals surface area contributed by atoms with Crippen LogP contribution in [0.3, 0.4) is 0 Å². The molecule has 0 bridgehead atoms. The number of aliphatic hydroxyl groups is 1. The van der Waals surface area contributed by atoms with Gasteiger partial charge < -0.3 is 10.8 Å². The van der Waals surface area contributed by atoms with Crippen molar-refractivity contribution in [3.63, 3.8) is 0 Å². The molecule has 3 N–H and O–H groups in total. The van der Waals surface area contributed by atoms with Gasteiger partial charge in [0.1, 0.15) is 5.76 Å². The summed E-state index contributed by atoms with van der Waals surface area (Å²) in [6, 6.07) is 0. The molecule has 0 atom stereocenters. The van der Waals surface area contributed by atoms with Crippen molar-refractivity contribution in [2.24, 2.45) is 11.7 Å². The van der Waals surface area contributed by atoms with Crippen LogP contribution in [0.5, 0.6) is 0 Å². The average Bonchev–Trinajstić information content (AvgIpc) is 1.64. The lowest BCUT2D eigenvalue weighted by atomic mass is 10.1. The summed E-state index contributed by atoms with van der Waals surface area (Å²) >= 11 is 0. The smallest absolute Gasteiger partial charge is 0.108 e. The van der Waals surface area contributed by atoms with Crippen LogP contribution in [-0.2, 0) is 0 Å². The summed E-state index contributed by atoms with van der Waals surface area (Å²) in [5, 5.41) is 8.75. The first kappa shape index (κ1) is 7.34. The number of aliphatic hydroxyl groups excluding tert-OH is 1. The van der Waals surface area contributed by atoms with E-state index in [-0.39, 0.29) is 11.7 Å². The molecule has 0 radical (unpaired) electrons. The molecule has 0 spiro atoms. The Labute approximate surface area is 50.0 Å². The molecule has 48 valence electrons. The van der Waals surface area contributed by atoms with Gasteiger partial charge in [-0.1, -0.05) is 13.8 Å². The molecule has 2 nitrogen and oxygen atoms in total. The number of allylic oxidation sites excluding steroid dienone is 2. The highest BCUT2D eigenvalue weighted by Crippen LogP contribution is 2.04. The van der Waals surface area contributed by atoms with Crippen molar-refractivity contribution in [1.82, 2.24) is 0 Å². The minimum absolute atomic E-state index is 0.236. The monoisotopic (exact) mass is 115 g/mol. The Bertz CT molecular complexity index is 101. The van der Waals surface area contributed by atoms with Crippen molar-refractivity contribution < 1.29 is 5.11 Å². The maximum atomic E-state index is 8.75. The third-order valence-corrected chi connectivity index (χ3v) is 1.04. The highest BCUT2D eigenvalue weighted by atomic mass is 16.3. The van der Waals surface area contributed by atoms with E-state index in [1.54, 1.807) is 6.92 Å². The van der Waals surface area contributed by atoms with Crippen LogP contribution >= 0.6 is 0 Å². The second-order valence-electron chi connectivity index (χ2n) is 2.20. The maximum Gasteiger partial charge on any atom is 0.108 e. The molecule has 0 saturated heterocycles. The maximum absolute atomic E-state index is 8.75. The second-order valence-corrected chi connectivity index (χ2v) is 2.20. The standard InChI is InChI=1S/C6H13NO/c1-4(2)6(7)5(3)8/h4,8H,7H2,1-3H3/b6-5-. The van der Waals surface area contributed by atoms with Crippen LogP contribution in [0.15, 0.2) is 11.5 Å². The zero-order chi connectivity index (χ0) is 6.73. The van der Waals surface area contributed by atoms with Crippen LogP contribution in [0.1, 0.15) is 20.8 Å². The lowest BCUT2D eigenvalue weighted by molar-refractivity contribution is 0.397. The van der Waals surface area contributed by atoms with Gasteiger partial charge in [-0.3, -0.25) is 0 Å². The van der Waals surface area contributed by atoms with E-state index in [4.69, 9.17) is 10.8 Å². The fourth-order valence-corrected chi connectivity index (χ4v) is 0.418. The predicted octanol–water partition coefficient (Wildman–Crippen LogP) is 1.39. The Hall–Kier alpha value is -0.660. The molecule has 2 heteroatoms. The molecule has 0 aliphatic heterocycles. The van der Waals surface area contributed by atoms with E-state index in [1.165, 1.54) is 0 Å². The van der Waals surface area contributed by atoms with E-state index in [0.29, 0.717) is 5.70 Å². The molecule has 0 aromatic heterocycles. The molecule has 0 saturated carbocycles. The molecule has 0 fully saturated rings. The molecule has 0 aromatic rings. The Kier molecular flexibility index (Phi) is 2.38. The van der Waals surface area contributed by atoms with Crippen LogP contribution in [0, 0.1) is 5.92 Å². The van der Waals surface area contributed by atoms with Gasteiger partial charge in [0.05, 0.1) is 0 Å². The summed E-state index contributed by atoms with van der Waals surface area (Å²) in [6.45, 7) is 5.47. The van der Waals surface area contributed by atoms with Gasteiger partial charge >= 0.3 is 0 Å². The number of hydrogen-bond donors (Lipinski definition) is 2. The van der Waals surface area contributed by atoms with Crippen molar-refractivity contribution >= 4 is 0 Å². The lowest BCUT2D eigenvalue weighted by Gasteiger charge is -2.04. The highest BCUT2D eigenvalue weighted by Gasteiger charge is 1.98. The summed E-state index contributed by atoms with van der Waals surface area (Å²) in [4.78, 5) is 0. The van der Waals surface area contributed by atoms with Crippen LogP contribution in [0.25, 0.3) is 0 Å². The molecule has 8 heavy (non-hydrogen) atoms. The minimum atomic E-state index is 0.236. The Morgan fingerprint density at radius 1 is 1.50 bits per heavy atom. The Balaban J connectivity index is 4.00. The summed E-state index contributed by atoms with van der Waals surface area (Å²) < 4.78 is 0. The summed E-state index contributed by atoms with van der Waals surface area (Å²) in [7, 11) is 0. The first-order valence-electron chi connectivity index (χ1n) is 2.71. The SMILES string of the molecule is C/C(O)=C(/N)C(C)C. The highest BCUT2D eigenvalue weighted by molar-refractivity contribution is 5.02. The van der Waals surface area contributed by atoms with E-state index in [1.807, 2.05) is 13.8 Å². The Morgan fingerprint density at radius 3 is 1.88 bits per heavy atom.